The van der Waals surface area contributed by atoms with E-state index in [1.807, 2.05) is 38.1 Å². The molecule has 1 aromatic heterocycles. The van der Waals surface area contributed by atoms with E-state index < -0.39 is 0 Å². The van der Waals surface area contributed by atoms with Crippen LogP contribution < -0.4 is 0 Å². The van der Waals surface area contributed by atoms with Crippen LogP contribution in [0.4, 0.5) is 0 Å². The van der Waals surface area contributed by atoms with Crippen molar-refractivity contribution in [3.8, 4) is 0 Å². The van der Waals surface area contributed by atoms with Crippen LogP contribution in [-0.4, -0.2) is 66.1 Å². The van der Waals surface area contributed by atoms with Gasteiger partial charge in [0, 0.05) is 42.3 Å². The molecular weight excluding hydrogens is 350 g/mol. The van der Waals surface area contributed by atoms with E-state index in [2.05, 4.69) is 9.88 Å². The molecule has 5 nitrogen and oxygen atoms in total. The molecule has 26 heavy (non-hydrogen) atoms. The zero-order valence-electron chi connectivity index (χ0n) is 15.6. The third-order valence-electron chi connectivity index (χ3n) is 4.92. The van der Waals surface area contributed by atoms with Gasteiger partial charge in [0.05, 0.1) is 11.1 Å². The molecule has 0 bridgehead atoms. The number of hydrogen-bond donors (Lipinski definition) is 1. The number of aromatic nitrogens is 1. The van der Waals surface area contributed by atoms with Crippen LogP contribution in [0.25, 0.3) is 10.9 Å². The smallest absolute Gasteiger partial charge is 0.254 e. The largest absolute Gasteiger partial charge is 0.396 e. The average molecular weight is 376 g/mol. The van der Waals surface area contributed by atoms with Crippen LogP contribution in [0.1, 0.15) is 22.5 Å². The predicted molar refractivity (Wildman–Crippen MR) is 105 cm³/mol. The number of carbonyl (C=O) groups excluding carboxylic acids is 1. The lowest BCUT2D eigenvalue weighted by Gasteiger charge is -2.38. The Hall–Kier alpha value is -1.69. The highest BCUT2D eigenvalue weighted by Gasteiger charge is 2.31. The number of likely N-dealkylation sites (tertiary alicyclic amines) is 1. The highest BCUT2D eigenvalue weighted by atomic mass is 35.5. The zero-order chi connectivity index (χ0) is 18.8. The number of amides is 1. The summed E-state index contributed by atoms with van der Waals surface area (Å²) in [5.41, 5.74) is 2.22. The van der Waals surface area contributed by atoms with Crippen molar-refractivity contribution in [1.82, 2.24) is 14.8 Å². The number of benzene rings is 1. The molecule has 3 rings (SSSR count). The molecular formula is C20H26ClN3O2. The molecule has 6 heteroatoms. The molecule has 1 aliphatic rings. The van der Waals surface area contributed by atoms with Gasteiger partial charge < -0.3 is 14.9 Å². The Labute approximate surface area is 159 Å². The SMILES string of the molecule is Cc1cc(C(=O)N2C[C@@H](CN(C)C)C[C@H](CO)C2)c2cc(Cl)ccc2n1. The molecule has 0 saturated carbocycles. The summed E-state index contributed by atoms with van der Waals surface area (Å²) < 4.78 is 0. The Morgan fingerprint density at radius 2 is 2.04 bits per heavy atom. The zero-order valence-corrected chi connectivity index (χ0v) is 16.3. The number of fused-ring (bicyclic) bond motifs is 1. The number of aliphatic hydroxyl groups is 1. The normalized spacial score (nSPS) is 20.8. The number of pyridine rings is 1. The minimum absolute atomic E-state index is 0.00956. The first-order chi connectivity index (χ1) is 12.4. The fourth-order valence-electron chi connectivity index (χ4n) is 3.94. The van der Waals surface area contributed by atoms with Gasteiger partial charge in [0.2, 0.25) is 0 Å². The summed E-state index contributed by atoms with van der Waals surface area (Å²) in [6, 6.07) is 7.29. The van der Waals surface area contributed by atoms with Crippen molar-refractivity contribution < 1.29 is 9.90 Å². The topological polar surface area (TPSA) is 56.7 Å². The van der Waals surface area contributed by atoms with Gasteiger partial charge in [-0.25, -0.2) is 0 Å². The number of nitrogens with zero attached hydrogens (tertiary/aromatic N) is 3. The van der Waals surface area contributed by atoms with Gasteiger partial charge in [-0.2, -0.15) is 0 Å². The van der Waals surface area contributed by atoms with Crippen LogP contribution in [0.15, 0.2) is 24.3 Å². The van der Waals surface area contributed by atoms with E-state index in [0.29, 0.717) is 29.6 Å². The standard InChI is InChI=1S/C20H26ClN3O2/c1-13-6-18(17-8-16(21)4-5-19(17)22-13)20(26)24-10-14(9-23(2)3)7-15(11-24)12-25/h4-6,8,14-15,25H,7,9-12H2,1-3H3/t14-,15+/m1/s1. The summed E-state index contributed by atoms with van der Waals surface area (Å²) in [6.07, 6.45) is 0.945. The minimum atomic E-state index is -0.00956. The summed E-state index contributed by atoms with van der Waals surface area (Å²) in [7, 11) is 4.08. The summed E-state index contributed by atoms with van der Waals surface area (Å²) in [5, 5.41) is 11.1. The van der Waals surface area contributed by atoms with Crippen molar-refractivity contribution >= 4 is 28.4 Å². The van der Waals surface area contributed by atoms with E-state index in [4.69, 9.17) is 11.6 Å². The molecule has 0 radical (unpaired) electrons. The van der Waals surface area contributed by atoms with E-state index in [1.165, 1.54) is 0 Å². The van der Waals surface area contributed by atoms with E-state index >= 15 is 0 Å². The van der Waals surface area contributed by atoms with Gasteiger partial charge in [-0.3, -0.25) is 9.78 Å². The lowest BCUT2D eigenvalue weighted by molar-refractivity contribution is 0.0479. The number of piperidine rings is 1. The van der Waals surface area contributed by atoms with Crippen molar-refractivity contribution in [2.24, 2.45) is 11.8 Å². The molecule has 1 aromatic carbocycles. The van der Waals surface area contributed by atoms with Crippen molar-refractivity contribution in [1.29, 1.82) is 0 Å². The molecule has 1 saturated heterocycles. The van der Waals surface area contributed by atoms with Gasteiger partial charge in [0.15, 0.2) is 0 Å². The number of aliphatic hydroxyl groups excluding tert-OH is 1. The number of carbonyl (C=O) groups is 1. The molecule has 0 unspecified atom stereocenters. The summed E-state index contributed by atoms with van der Waals surface area (Å²) >= 11 is 6.16. The predicted octanol–water partition coefficient (Wildman–Crippen LogP) is 2.83. The van der Waals surface area contributed by atoms with Crippen LogP contribution in [0.3, 0.4) is 0 Å². The number of aryl methyl sites for hydroxylation is 1. The third-order valence-corrected chi connectivity index (χ3v) is 5.16. The molecule has 1 aliphatic heterocycles. The maximum absolute atomic E-state index is 13.3. The summed E-state index contributed by atoms with van der Waals surface area (Å²) in [4.78, 5) is 21.9. The van der Waals surface area contributed by atoms with Crippen molar-refractivity contribution in [3.05, 3.63) is 40.5 Å². The summed E-state index contributed by atoms with van der Waals surface area (Å²) in [5.74, 6) is 0.470. The lowest BCUT2D eigenvalue weighted by atomic mass is 9.88. The van der Waals surface area contributed by atoms with E-state index in [0.717, 1.165) is 29.6 Å². The number of halogens is 1. The second-order valence-electron chi connectivity index (χ2n) is 7.60. The van der Waals surface area contributed by atoms with Gasteiger partial charge in [0.1, 0.15) is 0 Å². The van der Waals surface area contributed by atoms with Crippen molar-refractivity contribution in [3.63, 3.8) is 0 Å². The van der Waals surface area contributed by atoms with E-state index in [9.17, 15) is 9.90 Å². The quantitative estimate of drug-likeness (QED) is 0.892. The van der Waals surface area contributed by atoms with Crippen molar-refractivity contribution in [2.75, 3.05) is 40.3 Å². The molecule has 2 heterocycles. The first-order valence-corrected chi connectivity index (χ1v) is 9.37. The first kappa shape index (κ1) is 19.1. The third kappa shape index (κ3) is 4.17. The molecule has 1 N–H and O–H groups in total. The number of rotatable bonds is 4. The van der Waals surface area contributed by atoms with Crippen LogP contribution >= 0.6 is 11.6 Å². The van der Waals surface area contributed by atoms with Crippen LogP contribution in [0, 0.1) is 18.8 Å². The first-order valence-electron chi connectivity index (χ1n) is 8.99. The second-order valence-corrected chi connectivity index (χ2v) is 8.03. The molecule has 140 valence electrons. The number of hydrogen-bond acceptors (Lipinski definition) is 4. The van der Waals surface area contributed by atoms with E-state index in [-0.39, 0.29) is 18.4 Å². The lowest BCUT2D eigenvalue weighted by Crippen LogP contribution is -2.47. The molecule has 0 spiro atoms. The van der Waals surface area contributed by atoms with Gasteiger partial charge in [-0.05, 0) is 63.5 Å². The Bertz CT molecular complexity index is 809. The Balaban J connectivity index is 1.95. The van der Waals surface area contributed by atoms with Crippen molar-refractivity contribution in [2.45, 2.75) is 13.3 Å². The molecule has 1 amide bonds. The molecule has 2 aromatic rings. The fraction of sp³-hybridized carbons (Fsp3) is 0.500. The van der Waals surface area contributed by atoms with Gasteiger partial charge >= 0.3 is 0 Å². The van der Waals surface area contributed by atoms with Crippen LogP contribution in [-0.2, 0) is 0 Å². The Morgan fingerprint density at radius 1 is 1.31 bits per heavy atom. The highest BCUT2D eigenvalue weighted by molar-refractivity contribution is 6.31. The average Bonchev–Trinajstić information content (AvgIpc) is 2.59. The highest BCUT2D eigenvalue weighted by Crippen LogP contribution is 2.27. The Kier molecular flexibility index (Phi) is 5.80. The summed E-state index contributed by atoms with van der Waals surface area (Å²) in [6.45, 7) is 4.20. The van der Waals surface area contributed by atoms with Gasteiger partial charge in [0.25, 0.3) is 5.91 Å². The molecule has 1 fully saturated rings. The fourth-order valence-corrected chi connectivity index (χ4v) is 4.11. The second kappa shape index (κ2) is 7.91. The maximum Gasteiger partial charge on any atom is 0.254 e. The Morgan fingerprint density at radius 3 is 2.73 bits per heavy atom. The van der Waals surface area contributed by atoms with E-state index in [1.54, 1.807) is 12.1 Å². The maximum atomic E-state index is 13.3. The van der Waals surface area contributed by atoms with Crippen LogP contribution in [0.5, 0.6) is 0 Å². The molecule has 2 atom stereocenters. The van der Waals surface area contributed by atoms with Gasteiger partial charge in [-0.15, -0.1) is 0 Å². The minimum Gasteiger partial charge on any atom is -0.396 e. The molecule has 0 aliphatic carbocycles. The van der Waals surface area contributed by atoms with Gasteiger partial charge in [-0.1, -0.05) is 11.6 Å². The monoisotopic (exact) mass is 375 g/mol. The van der Waals surface area contributed by atoms with Crippen LogP contribution in [0.2, 0.25) is 5.02 Å².